The van der Waals surface area contributed by atoms with Crippen molar-refractivity contribution >= 4 is 28.8 Å². The summed E-state index contributed by atoms with van der Waals surface area (Å²) in [4.78, 5) is 18.3. The van der Waals surface area contributed by atoms with Crippen LogP contribution in [0.1, 0.15) is 16.7 Å². The molecule has 1 aromatic heterocycles. The number of anilines is 4. The molecule has 172 valence electrons. The molecule has 8 heteroatoms. The van der Waals surface area contributed by atoms with Gasteiger partial charge in [-0.2, -0.15) is 0 Å². The van der Waals surface area contributed by atoms with Gasteiger partial charge in [0.05, 0.1) is 19.6 Å². The molecule has 1 fully saturated rings. The third-order valence-electron chi connectivity index (χ3n) is 5.72. The van der Waals surface area contributed by atoms with Crippen LogP contribution in [0.25, 0.3) is 0 Å². The summed E-state index contributed by atoms with van der Waals surface area (Å²) in [6.45, 7) is 5.41. The number of carbonyl (C=O) groups is 1. The lowest BCUT2D eigenvalue weighted by Gasteiger charge is -2.28. The Hall–Kier alpha value is -3.65. The van der Waals surface area contributed by atoms with E-state index < -0.39 is 5.91 Å². The van der Waals surface area contributed by atoms with Crippen LogP contribution < -0.4 is 21.3 Å². The van der Waals surface area contributed by atoms with Crippen molar-refractivity contribution in [2.24, 2.45) is 5.73 Å². The third kappa shape index (κ3) is 5.78. The highest BCUT2D eigenvalue weighted by atomic mass is 19.1. The van der Waals surface area contributed by atoms with Crippen molar-refractivity contribution < 1.29 is 13.9 Å². The first-order valence-electron chi connectivity index (χ1n) is 10.9. The molecule has 0 spiro atoms. The van der Waals surface area contributed by atoms with Gasteiger partial charge in [-0.15, -0.1) is 0 Å². The molecule has 0 radical (unpaired) electrons. The van der Waals surface area contributed by atoms with E-state index in [2.05, 4.69) is 32.7 Å². The SMILES string of the molecule is Cc1c(F)cccc1CNc1cc(Nc2ccc(N3CCOCC3)cc2)ncc1CC(N)=O. The number of primary amides is 1. The van der Waals surface area contributed by atoms with Gasteiger partial charge in [-0.05, 0) is 48.4 Å². The van der Waals surface area contributed by atoms with Gasteiger partial charge in [-0.3, -0.25) is 4.79 Å². The van der Waals surface area contributed by atoms with E-state index in [4.69, 9.17) is 10.5 Å². The van der Waals surface area contributed by atoms with Crippen LogP contribution in [-0.4, -0.2) is 37.2 Å². The van der Waals surface area contributed by atoms with Crippen LogP contribution in [0, 0.1) is 12.7 Å². The maximum atomic E-state index is 13.9. The number of pyridine rings is 1. The second-order valence-corrected chi connectivity index (χ2v) is 8.02. The Morgan fingerprint density at radius 2 is 1.91 bits per heavy atom. The lowest BCUT2D eigenvalue weighted by molar-refractivity contribution is -0.117. The zero-order valence-corrected chi connectivity index (χ0v) is 18.6. The van der Waals surface area contributed by atoms with Crippen molar-refractivity contribution in [1.29, 1.82) is 0 Å². The van der Waals surface area contributed by atoms with Crippen molar-refractivity contribution in [1.82, 2.24) is 4.98 Å². The van der Waals surface area contributed by atoms with Crippen LogP contribution in [0.2, 0.25) is 0 Å². The summed E-state index contributed by atoms with van der Waals surface area (Å²) in [5.41, 5.74) is 10.3. The Labute approximate surface area is 192 Å². The normalized spacial score (nSPS) is 13.6. The molecule has 1 amide bonds. The van der Waals surface area contributed by atoms with Crippen molar-refractivity contribution in [2.45, 2.75) is 19.9 Å². The summed E-state index contributed by atoms with van der Waals surface area (Å²) in [5, 5.41) is 6.61. The van der Waals surface area contributed by atoms with E-state index in [9.17, 15) is 9.18 Å². The van der Waals surface area contributed by atoms with Gasteiger partial charge in [0.15, 0.2) is 0 Å². The first-order chi connectivity index (χ1) is 16.0. The van der Waals surface area contributed by atoms with Gasteiger partial charge in [0.1, 0.15) is 11.6 Å². The minimum atomic E-state index is -0.443. The lowest BCUT2D eigenvalue weighted by Crippen LogP contribution is -2.36. The highest BCUT2D eigenvalue weighted by molar-refractivity contribution is 5.79. The number of aromatic nitrogens is 1. The van der Waals surface area contributed by atoms with Crippen molar-refractivity contribution in [3.05, 3.63) is 77.2 Å². The zero-order valence-electron chi connectivity index (χ0n) is 18.6. The van der Waals surface area contributed by atoms with Crippen molar-refractivity contribution in [3.63, 3.8) is 0 Å². The molecular weight excluding hydrogens is 421 g/mol. The molecule has 1 saturated heterocycles. The molecule has 1 aliphatic rings. The number of ether oxygens (including phenoxy) is 1. The Bertz CT molecular complexity index is 1110. The van der Waals surface area contributed by atoms with Gasteiger partial charge < -0.3 is 26.0 Å². The molecule has 4 N–H and O–H groups in total. The summed E-state index contributed by atoms with van der Waals surface area (Å²) < 4.78 is 19.3. The van der Waals surface area contributed by atoms with Gasteiger partial charge >= 0.3 is 0 Å². The highest BCUT2D eigenvalue weighted by Gasteiger charge is 2.12. The van der Waals surface area contributed by atoms with Gasteiger partial charge in [0, 0.05) is 54.5 Å². The number of nitrogens with one attached hydrogen (secondary N) is 2. The van der Waals surface area contributed by atoms with Gasteiger partial charge in [-0.1, -0.05) is 12.1 Å². The van der Waals surface area contributed by atoms with Crippen LogP contribution >= 0.6 is 0 Å². The second-order valence-electron chi connectivity index (χ2n) is 8.02. The number of carbonyl (C=O) groups excluding carboxylic acids is 1. The monoisotopic (exact) mass is 449 g/mol. The first-order valence-corrected chi connectivity index (χ1v) is 10.9. The molecule has 1 aliphatic heterocycles. The predicted molar refractivity (Wildman–Crippen MR) is 128 cm³/mol. The van der Waals surface area contributed by atoms with E-state index in [1.165, 1.54) is 6.07 Å². The number of benzene rings is 2. The Morgan fingerprint density at radius 1 is 1.15 bits per heavy atom. The van der Waals surface area contributed by atoms with Crippen LogP contribution in [0.3, 0.4) is 0 Å². The number of amides is 1. The minimum absolute atomic E-state index is 0.0615. The maximum Gasteiger partial charge on any atom is 0.221 e. The molecule has 0 unspecified atom stereocenters. The van der Waals surface area contributed by atoms with E-state index in [1.807, 2.05) is 24.3 Å². The smallest absolute Gasteiger partial charge is 0.221 e. The maximum absolute atomic E-state index is 13.9. The Kier molecular flexibility index (Phi) is 7.04. The molecule has 0 bridgehead atoms. The molecule has 7 nitrogen and oxygen atoms in total. The third-order valence-corrected chi connectivity index (χ3v) is 5.72. The molecule has 33 heavy (non-hydrogen) atoms. The van der Waals surface area contributed by atoms with Crippen LogP contribution in [0.4, 0.5) is 27.3 Å². The van der Waals surface area contributed by atoms with Gasteiger partial charge in [0.25, 0.3) is 0 Å². The minimum Gasteiger partial charge on any atom is -0.381 e. The number of hydrogen-bond acceptors (Lipinski definition) is 6. The summed E-state index contributed by atoms with van der Waals surface area (Å²) in [6, 6.07) is 15.0. The average molecular weight is 450 g/mol. The fourth-order valence-electron chi connectivity index (χ4n) is 3.80. The number of halogens is 1. The summed E-state index contributed by atoms with van der Waals surface area (Å²) >= 11 is 0. The topological polar surface area (TPSA) is 92.5 Å². The molecule has 2 aromatic carbocycles. The van der Waals surface area contributed by atoms with E-state index in [0.29, 0.717) is 23.5 Å². The van der Waals surface area contributed by atoms with Crippen LogP contribution in [0.5, 0.6) is 0 Å². The van der Waals surface area contributed by atoms with Crippen molar-refractivity contribution in [2.75, 3.05) is 41.8 Å². The highest BCUT2D eigenvalue weighted by Crippen LogP contribution is 2.25. The summed E-state index contributed by atoms with van der Waals surface area (Å²) in [6.07, 6.45) is 1.70. The number of nitrogens with two attached hydrogens (primary N) is 1. The predicted octanol–water partition coefficient (Wildman–Crippen LogP) is 3.75. The molecule has 0 saturated carbocycles. The zero-order chi connectivity index (χ0) is 23.2. The Balaban J connectivity index is 1.50. The van der Waals surface area contributed by atoms with E-state index in [-0.39, 0.29) is 12.2 Å². The molecule has 3 aromatic rings. The summed E-state index contributed by atoms with van der Waals surface area (Å²) in [5.74, 6) is -0.0636. The molecule has 0 atom stereocenters. The average Bonchev–Trinajstić information content (AvgIpc) is 2.82. The van der Waals surface area contributed by atoms with E-state index in [1.54, 1.807) is 19.2 Å². The standard InChI is InChI=1S/C25H28FN5O2/c1-17-18(3-2-4-22(17)26)15-28-23-14-25(29-16-19(23)13-24(27)32)30-20-5-7-21(8-6-20)31-9-11-33-12-10-31/h2-8,14,16H,9-13,15H2,1H3,(H2,27,32)(H2,28,29,30). The van der Waals surface area contributed by atoms with E-state index >= 15 is 0 Å². The quantitative estimate of drug-likeness (QED) is 0.485. The van der Waals surface area contributed by atoms with Crippen LogP contribution in [0.15, 0.2) is 54.7 Å². The largest absolute Gasteiger partial charge is 0.381 e. The van der Waals surface area contributed by atoms with Gasteiger partial charge in [-0.25, -0.2) is 9.37 Å². The van der Waals surface area contributed by atoms with E-state index in [0.717, 1.165) is 48.9 Å². The fraction of sp³-hybridized carbons (Fsp3) is 0.280. The number of hydrogen-bond donors (Lipinski definition) is 3. The molecule has 0 aliphatic carbocycles. The number of morpholine rings is 1. The summed E-state index contributed by atoms with van der Waals surface area (Å²) in [7, 11) is 0. The molecular formula is C25H28FN5O2. The molecule has 2 heterocycles. The molecule has 4 rings (SSSR count). The van der Waals surface area contributed by atoms with Crippen molar-refractivity contribution in [3.8, 4) is 0 Å². The number of rotatable bonds is 8. The second kappa shape index (κ2) is 10.3. The van der Waals surface area contributed by atoms with Gasteiger partial charge in [0.2, 0.25) is 5.91 Å². The number of nitrogens with zero attached hydrogens (tertiary/aromatic N) is 2. The Morgan fingerprint density at radius 3 is 2.64 bits per heavy atom. The fourth-order valence-corrected chi connectivity index (χ4v) is 3.80. The lowest BCUT2D eigenvalue weighted by atomic mass is 10.1. The first kappa shape index (κ1) is 22.5. The van der Waals surface area contributed by atoms with Crippen LogP contribution in [-0.2, 0) is 22.5 Å².